The van der Waals surface area contributed by atoms with Crippen molar-refractivity contribution >= 4 is 5.57 Å². The summed E-state index contributed by atoms with van der Waals surface area (Å²) in [5, 5.41) is 0. The second-order valence-electron chi connectivity index (χ2n) is 5.95. The number of benzene rings is 1. The maximum absolute atomic E-state index is 4.10. The van der Waals surface area contributed by atoms with Crippen molar-refractivity contribution in [3.05, 3.63) is 41.5 Å². The molecule has 0 bridgehead atoms. The van der Waals surface area contributed by atoms with Crippen LogP contribution in [0.2, 0.25) is 0 Å². The van der Waals surface area contributed by atoms with E-state index in [1.807, 2.05) is 0 Å². The number of hydrogen-bond donors (Lipinski definition) is 0. The van der Waals surface area contributed by atoms with Gasteiger partial charge < -0.3 is 0 Å². The summed E-state index contributed by atoms with van der Waals surface area (Å²) in [5.74, 6) is 0.848. The maximum atomic E-state index is 4.10. The predicted octanol–water partition coefficient (Wildman–Crippen LogP) is 6.04. The zero-order chi connectivity index (χ0) is 14.3. The molecule has 0 radical (unpaired) electrons. The van der Waals surface area contributed by atoms with Crippen LogP contribution in [-0.4, -0.2) is 0 Å². The fourth-order valence-corrected chi connectivity index (χ4v) is 2.75. The first kappa shape index (κ1) is 16.0. The Balaban J connectivity index is 2.75. The Morgan fingerprint density at radius 3 is 2.42 bits per heavy atom. The molecule has 0 amide bonds. The van der Waals surface area contributed by atoms with E-state index < -0.39 is 0 Å². The molecule has 1 rings (SSSR count). The molecular weight excluding hydrogens is 228 g/mol. The molecule has 1 atom stereocenters. The highest BCUT2D eigenvalue weighted by Gasteiger charge is 2.06. The van der Waals surface area contributed by atoms with Crippen LogP contribution in [-0.2, 0) is 12.8 Å². The summed E-state index contributed by atoms with van der Waals surface area (Å²) in [4.78, 5) is 0. The summed E-state index contributed by atoms with van der Waals surface area (Å²) in [5.41, 5.74) is 5.52. The summed E-state index contributed by atoms with van der Waals surface area (Å²) in [6, 6.07) is 6.97. The van der Waals surface area contributed by atoms with E-state index in [0.717, 1.165) is 5.92 Å². The first-order chi connectivity index (χ1) is 9.08. The van der Waals surface area contributed by atoms with Crippen molar-refractivity contribution < 1.29 is 0 Å². The molecule has 1 unspecified atom stereocenters. The van der Waals surface area contributed by atoms with E-state index in [1.54, 1.807) is 0 Å². The third kappa shape index (κ3) is 5.22. The van der Waals surface area contributed by atoms with Crippen molar-refractivity contribution in [1.29, 1.82) is 0 Å². The number of rotatable bonds is 8. The molecule has 19 heavy (non-hydrogen) atoms. The Labute approximate surface area is 119 Å². The predicted molar refractivity (Wildman–Crippen MR) is 87.5 cm³/mol. The van der Waals surface area contributed by atoms with E-state index >= 15 is 0 Å². The molecule has 0 fully saturated rings. The van der Waals surface area contributed by atoms with E-state index in [-0.39, 0.29) is 0 Å². The summed E-state index contributed by atoms with van der Waals surface area (Å²) in [6.07, 6.45) is 7.55. The van der Waals surface area contributed by atoms with Crippen molar-refractivity contribution in [3.63, 3.8) is 0 Å². The van der Waals surface area contributed by atoms with Crippen molar-refractivity contribution in [2.45, 2.75) is 66.2 Å². The quantitative estimate of drug-likeness (QED) is 0.533. The maximum Gasteiger partial charge on any atom is -0.0201 e. The molecule has 0 heteroatoms. The molecule has 0 N–H and O–H groups in total. The van der Waals surface area contributed by atoms with Gasteiger partial charge in [-0.25, -0.2) is 0 Å². The normalized spacial score (nSPS) is 12.4. The lowest BCUT2D eigenvalue weighted by molar-refractivity contribution is 0.486. The summed E-state index contributed by atoms with van der Waals surface area (Å²) in [6.45, 7) is 13.1. The van der Waals surface area contributed by atoms with E-state index in [9.17, 15) is 0 Å². The summed E-state index contributed by atoms with van der Waals surface area (Å²) in [7, 11) is 0. The van der Waals surface area contributed by atoms with Gasteiger partial charge in [0.2, 0.25) is 0 Å². The second-order valence-corrected chi connectivity index (χ2v) is 5.95. The minimum absolute atomic E-state index is 0.848. The molecule has 0 nitrogen and oxygen atoms in total. The van der Waals surface area contributed by atoms with Gasteiger partial charge in [-0.15, -0.1) is 0 Å². The lowest BCUT2D eigenvalue weighted by Crippen LogP contribution is -1.99. The average molecular weight is 258 g/mol. The van der Waals surface area contributed by atoms with Crippen LogP contribution < -0.4 is 0 Å². The second kappa shape index (κ2) is 8.19. The van der Waals surface area contributed by atoms with Gasteiger partial charge >= 0.3 is 0 Å². The SMILES string of the molecule is C=C(C)c1ccc(CCC(C)CCC)cc1CCC. The van der Waals surface area contributed by atoms with E-state index in [0.29, 0.717) is 0 Å². The highest BCUT2D eigenvalue weighted by molar-refractivity contribution is 5.65. The molecule has 1 aromatic rings. The molecular formula is C19H30. The topological polar surface area (TPSA) is 0 Å². The Bertz CT molecular complexity index is 400. The molecule has 0 saturated carbocycles. The molecule has 106 valence electrons. The van der Waals surface area contributed by atoms with Gasteiger partial charge in [-0.3, -0.25) is 0 Å². The van der Waals surface area contributed by atoms with Gasteiger partial charge in [0.05, 0.1) is 0 Å². The van der Waals surface area contributed by atoms with Crippen LogP contribution in [0.15, 0.2) is 24.8 Å². The molecule has 0 spiro atoms. The molecule has 0 aromatic heterocycles. The van der Waals surface area contributed by atoms with Crippen LogP contribution in [0.3, 0.4) is 0 Å². The van der Waals surface area contributed by atoms with Crippen LogP contribution in [0.4, 0.5) is 0 Å². The monoisotopic (exact) mass is 258 g/mol. The van der Waals surface area contributed by atoms with Gasteiger partial charge in [-0.05, 0) is 48.8 Å². The van der Waals surface area contributed by atoms with Crippen molar-refractivity contribution in [2.75, 3.05) is 0 Å². The number of hydrogen-bond acceptors (Lipinski definition) is 0. The van der Waals surface area contributed by atoms with Gasteiger partial charge in [-0.1, -0.05) is 70.4 Å². The third-order valence-corrected chi connectivity index (χ3v) is 3.86. The fraction of sp³-hybridized carbons (Fsp3) is 0.579. The third-order valence-electron chi connectivity index (χ3n) is 3.86. The molecule has 0 aliphatic carbocycles. The van der Waals surface area contributed by atoms with E-state index in [2.05, 4.69) is 52.5 Å². The molecule has 1 aromatic carbocycles. The van der Waals surface area contributed by atoms with Crippen LogP contribution in [0.25, 0.3) is 5.57 Å². The number of allylic oxidation sites excluding steroid dienone is 1. The first-order valence-corrected chi connectivity index (χ1v) is 7.86. The Kier molecular flexibility index (Phi) is 6.91. The van der Waals surface area contributed by atoms with Gasteiger partial charge in [-0.2, -0.15) is 0 Å². The zero-order valence-electron chi connectivity index (χ0n) is 13.3. The molecule has 0 heterocycles. The van der Waals surface area contributed by atoms with Crippen molar-refractivity contribution in [2.24, 2.45) is 5.92 Å². The minimum atomic E-state index is 0.848. The Hall–Kier alpha value is -1.04. The minimum Gasteiger partial charge on any atom is -0.0955 e. The standard InChI is InChI=1S/C19H30/c1-6-8-16(5)10-11-17-12-13-19(15(3)4)18(14-17)9-7-2/h12-14,16H,3,6-11H2,1-2,4-5H3. The molecule has 0 aliphatic rings. The molecule has 0 saturated heterocycles. The summed E-state index contributed by atoms with van der Waals surface area (Å²) >= 11 is 0. The van der Waals surface area contributed by atoms with Gasteiger partial charge in [0.1, 0.15) is 0 Å². The van der Waals surface area contributed by atoms with Gasteiger partial charge in [0, 0.05) is 0 Å². The summed E-state index contributed by atoms with van der Waals surface area (Å²) < 4.78 is 0. The Morgan fingerprint density at radius 1 is 1.11 bits per heavy atom. The van der Waals surface area contributed by atoms with Gasteiger partial charge in [0.25, 0.3) is 0 Å². The average Bonchev–Trinajstić information content (AvgIpc) is 2.37. The highest BCUT2D eigenvalue weighted by atomic mass is 14.1. The van der Waals surface area contributed by atoms with Crippen molar-refractivity contribution in [3.8, 4) is 0 Å². The lowest BCUT2D eigenvalue weighted by atomic mass is 9.92. The van der Waals surface area contributed by atoms with Gasteiger partial charge in [0.15, 0.2) is 0 Å². The number of aryl methyl sites for hydroxylation is 2. The zero-order valence-corrected chi connectivity index (χ0v) is 13.3. The van der Waals surface area contributed by atoms with Crippen LogP contribution in [0.1, 0.15) is 70.1 Å². The molecule has 0 aliphatic heterocycles. The fourth-order valence-electron chi connectivity index (χ4n) is 2.75. The van der Waals surface area contributed by atoms with Crippen LogP contribution in [0.5, 0.6) is 0 Å². The lowest BCUT2D eigenvalue weighted by Gasteiger charge is -2.13. The highest BCUT2D eigenvalue weighted by Crippen LogP contribution is 2.22. The van der Waals surface area contributed by atoms with E-state index in [1.165, 1.54) is 60.8 Å². The Morgan fingerprint density at radius 2 is 1.84 bits per heavy atom. The van der Waals surface area contributed by atoms with Crippen LogP contribution >= 0.6 is 0 Å². The first-order valence-electron chi connectivity index (χ1n) is 7.86. The smallest absolute Gasteiger partial charge is 0.0201 e. The van der Waals surface area contributed by atoms with Crippen LogP contribution in [0, 0.1) is 5.92 Å². The largest absolute Gasteiger partial charge is 0.0955 e. The van der Waals surface area contributed by atoms with Crippen molar-refractivity contribution in [1.82, 2.24) is 0 Å². The van der Waals surface area contributed by atoms with E-state index in [4.69, 9.17) is 0 Å².